The maximum absolute atomic E-state index is 11.1. The Hall–Kier alpha value is -0.610. The van der Waals surface area contributed by atoms with E-state index in [1.54, 1.807) is 0 Å². The second kappa shape index (κ2) is 6.80. The lowest BCUT2D eigenvalue weighted by Gasteiger charge is -2.29. The highest BCUT2D eigenvalue weighted by Gasteiger charge is 2.17. The monoisotopic (exact) mass is 214 g/mol. The van der Waals surface area contributed by atoms with Gasteiger partial charge in [-0.1, -0.05) is 13.3 Å². The Bertz CT molecular complexity index is 191. The van der Waals surface area contributed by atoms with E-state index in [9.17, 15) is 4.79 Å². The van der Waals surface area contributed by atoms with Gasteiger partial charge in [-0.05, 0) is 25.9 Å². The normalized spacial score (nSPS) is 21.7. The molecule has 4 nitrogen and oxygen atoms in total. The Morgan fingerprint density at radius 3 is 2.87 bits per heavy atom. The number of carbonyl (C=O) groups is 1. The number of ether oxygens (including phenoxy) is 1. The van der Waals surface area contributed by atoms with Gasteiger partial charge in [0.05, 0.1) is 13.7 Å². The number of rotatable bonds is 5. The van der Waals surface area contributed by atoms with Crippen LogP contribution in [0.4, 0.5) is 0 Å². The standard InChI is InChI=1S/C11H22N2O2/c1-3-13(9-11(14)15-2)8-10-6-4-5-7-12-10/h10,12H,3-9H2,1-2H3. The number of carbonyl (C=O) groups excluding carboxylic acids is 1. The van der Waals surface area contributed by atoms with Crippen LogP contribution in [0.3, 0.4) is 0 Å². The summed E-state index contributed by atoms with van der Waals surface area (Å²) < 4.78 is 4.67. The summed E-state index contributed by atoms with van der Waals surface area (Å²) in [5.74, 6) is -0.146. The van der Waals surface area contributed by atoms with Gasteiger partial charge in [-0.25, -0.2) is 0 Å². The third-order valence-corrected chi connectivity index (χ3v) is 2.92. The number of hydrogen-bond acceptors (Lipinski definition) is 4. The SMILES string of the molecule is CCN(CC(=O)OC)CC1CCCCN1. The van der Waals surface area contributed by atoms with Crippen LogP contribution in [0.25, 0.3) is 0 Å². The highest BCUT2D eigenvalue weighted by atomic mass is 16.5. The molecule has 1 saturated heterocycles. The average molecular weight is 214 g/mol. The van der Waals surface area contributed by atoms with E-state index in [0.29, 0.717) is 12.6 Å². The lowest BCUT2D eigenvalue weighted by molar-refractivity contribution is -0.141. The molecule has 1 aliphatic heterocycles. The Morgan fingerprint density at radius 2 is 2.33 bits per heavy atom. The molecule has 0 amide bonds. The van der Waals surface area contributed by atoms with E-state index in [4.69, 9.17) is 0 Å². The van der Waals surface area contributed by atoms with Crippen LogP contribution in [0, 0.1) is 0 Å². The zero-order valence-corrected chi connectivity index (χ0v) is 9.79. The predicted octanol–water partition coefficient (Wildman–Crippen LogP) is 0.623. The molecule has 15 heavy (non-hydrogen) atoms. The molecule has 1 N–H and O–H groups in total. The van der Waals surface area contributed by atoms with Crippen molar-refractivity contribution in [2.45, 2.75) is 32.2 Å². The van der Waals surface area contributed by atoms with Gasteiger partial charge in [0.1, 0.15) is 0 Å². The molecule has 88 valence electrons. The molecule has 4 heteroatoms. The van der Waals surface area contributed by atoms with Crippen molar-refractivity contribution >= 4 is 5.97 Å². The van der Waals surface area contributed by atoms with E-state index < -0.39 is 0 Å². The first-order valence-corrected chi connectivity index (χ1v) is 5.78. The van der Waals surface area contributed by atoms with Gasteiger partial charge in [-0.2, -0.15) is 0 Å². The van der Waals surface area contributed by atoms with E-state index in [0.717, 1.165) is 19.6 Å². The fourth-order valence-corrected chi connectivity index (χ4v) is 1.94. The van der Waals surface area contributed by atoms with Crippen molar-refractivity contribution in [1.29, 1.82) is 0 Å². The van der Waals surface area contributed by atoms with E-state index in [1.165, 1.54) is 26.4 Å². The highest BCUT2D eigenvalue weighted by molar-refractivity contribution is 5.71. The minimum Gasteiger partial charge on any atom is -0.468 e. The van der Waals surface area contributed by atoms with Crippen LogP contribution in [0.2, 0.25) is 0 Å². The van der Waals surface area contributed by atoms with Crippen molar-refractivity contribution in [1.82, 2.24) is 10.2 Å². The zero-order valence-electron chi connectivity index (χ0n) is 9.79. The molecule has 1 heterocycles. The molecule has 0 bridgehead atoms. The third-order valence-electron chi connectivity index (χ3n) is 2.92. The first-order valence-electron chi connectivity index (χ1n) is 5.78. The summed E-state index contributed by atoms with van der Waals surface area (Å²) in [4.78, 5) is 13.3. The number of nitrogens with zero attached hydrogens (tertiary/aromatic N) is 1. The highest BCUT2D eigenvalue weighted by Crippen LogP contribution is 2.08. The predicted molar refractivity (Wildman–Crippen MR) is 59.8 cm³/mol. The van der Waals surface area contributed by atoms with E-state index in [2.05, 4.69) is 21.9 Å². The Kier molecular flexibility index (Phi) is 5.65. The maximum atomic E-state index is 11.1. The smallest absolute Gasteiger partial charge is 0.319 e. The molecule has 1 atom stereocenters. The quantitative estimate of drug-likeness (QED) is 0.681. The van der Waals surface area contributed by atoms with Crippen molar-refractivity contribution in [2.24, 2.45) is 0 Å². The van der Waals surface area contributed by atoms with Gasteiger partial charge in [0.25, 0.3) is 0 Å². The minimum atomic E-state index is -0.146. The molecular formula is C11H22N2O2. The Labute approximate surface area is 92.0 Å². The summed E-state index contributed by atoms with van der Waals surface area (Å²) >= 11 is 0. The topological polar surface area (TPSA) is 41.6 Å². The van der Waals surface area contributed by atoms with E-state index >= 15 is 0 Å². The van der Waals surface area contributed by atoms with Gasteiger partial charge in [0, 0.05) is 12.6 Å². The summed E-state index contributed by atoms with van der Waals surface area (Å²) in [7, 11) is 1.44. The number of likely N-dealkylation sites (N-methyl/N-ethyl adjacent to an activating group) is 1. The maximum Gasteiger partial charge on any atom is 0.319 e. The largest absolute Gasteiger partial charge is 0.468 e. The first-order chi connectivity index (χ1) is 7.26. The van der Waals surface area contributed by atoms with Crippen molar-refractivity contribution in [3.05, 3.63) is 0 Å². The van der Waals surface area contributed by atoms with Gasteiger partial charge in [0.15, 0.2) is 0 Å². The number of hydrogen-bond donors (Lipinski definition) is 1. The van der Waals surface area contributed by atoms with Crippen molar-refractivity contribution in [3.8, 4) is 0 Å². The second-order valence-corrected chi connectivity index (χ2v) is 4.05. The Balaban J connectivity index is 2.28. The molecule has 1 unspecified atom stereocenters. The molecule has 0 aromatic heterocycles. The molecule has 0 aliphatic carbocycles. The molecule has 0 aromatic rings. The number of nitrogens with one attached hydrogen (secondary N) is 1. The van der Waals surface area contributed by atoms with Crippen LogP contribution in [0.1, 0.15) is 26.2 Å². The van der Waals surface area contributed by atoms with E-state index in [-0.39, 0.29) is 5.97 Å². The van der Waals surface area contributed by atoms with E-state index in [1.807, 2.05) is 0 Å². The summed E-state index contributed by atoms with van der Waals surface area (Å²) in [6.45, 7) is 5.44. The number of piperidine rings is 1. The van der Waals surface area contributed by atoms with Crippen LogP contribution < -0.4 is 5.32 Å². The van der Waals surface area contributed by atoms with Gasteiger partial charge in [0.2, 0.25) is 0 Å². The number of methoxy groups -OCH3 is 1. The summed E-state index contributed by atoms with van der Waals surface area (Å²) in [6.07, 6.45) is 3.80. The number of esters is 1. The van der Waals surface area contributed by atoms with Crippen molar-refractivity contribution in [2.75, 3.05) is 33.3 Å². The molecular weight excluding hydrogens is 192 g/mol. The molecule has 1 rings (SSSR count). The summed E-state index contributed by atoms with van der Waals surface area (Å²) in [5.41, 5.74) is 0. The average Bonchev–Trinajstić information content (AvgIpc) is 2.29. The molecule has 1 fully saturated rings. The van der Waals surface area contributed by atoms with Crippen LogP contribution >= 0.6 is 0 Å². The van der Waals surface area contributed by atoms with Crippen LogP contribution in [-0.4, -0.2) is 50.2 Å². The lowest BCUT2D eigenvalue weighted by atomic mass is 10.0. The second-order valence-electron chi connectivity index (χ2n) is 4.05. The molecule has 0 radical (unpaired) electrons. The van der Waals surface area contributed by atoms with Crippen LogP contribution in [0.5, 0.6) is 0 Å². The van der Waals surface area contributed by atoms with Gasteiger partial charge in [-0.3, -0.25) is 9.69 Å². The zero-order chi connectivity index (χ0) is 11.1. The van der Waals surface area contributed by atoms with Crippen molar-refractivity contribution in [3.63, 3.8) is 0 Å². The fraction of sp³-hybridized carbons (Fsp3) is 0.909. The summed E-state index contributed by atoms with van der Waals surface area (Å²) in [5, 5.41) is 3.48. The van der Waals surface area contributed by atoms with Crippen LogP contribution in [-0.2, 0) is 9.53 Å². The Morgan fingerprint density at radius 1 is 1.53 bits per heavy atom. The summed E-state index contributed by atoms with van der Waals surface area (Å²) in [6, 6.07) is 0.545. The van der Waals surface area contributed by atoms with Gasteiger partial charge < -0.3 is 10.1 Å². The molecule has 0 aromatic carbocycles. The lowest BCUT2D eigenvalue weighted by Crippen LogP contribution is -2.45. The molecule has 0 spiro atoms. The first kappa shape index (κ1) is 12.5. The fourth-order valence-electron chi connectivity index (χ4n) is 1.94. The minimum absolute atomic E-state index is 0.146. The van der Waals surface area contributed by atoms with Gasteiger partial charge >= 0.3 is 5.97 Å². The van der Waals surface area contributed by atoms with Crippen molar-refractivity contribution < 1.29 is 9.53 Å². The van der Waals surface area contributed by atoms with Gasteiger partial charge in [-0.15, -0.1) is 0 Å². The molecule has 0 saturated carbocycles. The third kappa shape index (κ3) is 4.62. The molecule has 1 aliphatic rings. The van der Waals surface area contributed by atoms with Crippen LogP contribution in [0.15, 0.2) is 0 Å².